The molecule has 0 bridgehead atoms. The number of rotatable bonds is 9. The van der Waals surface area contributed by atoms with Crippen LogP contribution in [0.2, 0.25) is 0 Å². The number of hydrogen-bond donors (Lipinski definition) is 1. The van der Waals surface area contributed by atoms with Gasteiger partial charge in [0.1, 0.15) is 12.6 Å². The van der Waals surface area contributed by atoms with Gasteiger partial charge in [0.05, 0.1) is 11.9 Å². The second-order valence-electron chi connectivity index (χ2n) is 8.03. The summed E-state index contributed by atoms with van der Waals surface area (Å²) in [5, 5.41) is 2.83. The van der Waals surface area contributed by atoms with Gasteiger partial charge >= 0.3 is 0 Å². The third-order valence-electron chi connectivity index (χ3n) is 4.99. The highest BCUT2D eigenvalue weighted by molar-refractivity contribution is 14.1. The van der Waals surface area contributed by atoms with E-state index < -0.39 is 28.5 Å². The number of nitrogens with zero attached hydrogens (tertiary/aromatic N) is 2. The van der Waals surface area contributed by atoms with E-state index in [0.29, 0.717) is 5.69 Å². The number of halogens is 1. The van der Waals surface area contributed by atoms with E-state index in [1.54, 1.807) is 31.2 Å². The van der Waals surface area contributed by atoms with Crippen molar-refractivity contribution >= 4 is 50.1 Å². The molecule has 0 fully saturated rings. The van der Waals surface area contributed by atoms with E-state index >= 15 is 0 Å². The molecule has 0 saturated carbocycles. The van der Waals surface area contributed by atoms with Crippen molar-refractivity contribution in [3.05, 3.63) is 63.2 Å². The number of aryl methyl sites for hydroxylation is 1. The molecule has 0 unspecified atom stereocenters. The Morgan fingerprint density at radius 3 is 2.16 bits per heavy atom. The molecule has 2 rings (SSSR count). The van der Waals surface area contributed by atoms with Crippen LogP contribution in [0.25, 0.3) is 0 Å². The van der Waals surface area contributed by atoms with Crippen LogP contribution in [-0.4, -0.2) is 50.0 Å². The topological polar surface area (TPSA) is 86.8 Å². The molecule has 0 aliphatic rings. The van der Waals surface area contributed by atoms with Gasteiger partial charge in [0.25, 0.3) is 0 Å². The van der Waals surface area contributed by atoms with Gasteiger partial charge in [-0.1, -0.05) is 24.3 Å². The van der Waals surface area contributed by atoms with Gasteiger partial charge in [0, 0.05) is 16.2 Å². The van der Waals surface area contributed by atoms with Crippen LogP contribution in [0.1, 0.15) is 31.9 Å². The summed E-state index contributed by atoms with van der Waals surface area (Å²) in [7, 11) is -3.72. The molecule has 174 valence electrons. The Bertz CT molecular complexity index is 1060. The lowest BCUT2D eigenvalue weighted by molar-refractivity contribution is -0.139. The maximum Gasteiger partial charge on any atom is 0.244 e. The Kier molecular flexibility index (Phi) is 9.08. The zero-order chi connectivity index (χ0) is 24.1. The summed E-state index contributed by atoms with van der Waals surface area (Å²) < 4.78 is 27.0. The summed E-state index contributed by atoms with van der Waals surface area (Å²) in [6.07, 6.45) is 1.07. The number of carbonyl (C=O) groups is 2. The van der Waals surface area contributed by atoms with Crippen LogP contribution in [0.15, 0.2) is 48.5 Å². The molecule has 0 aliphatic heterocycles. The predicted octanol–water partition coefficient (Wildman–Crippen LogP) is 3.31. The van der Waals surface area contributed by atoms with E-state index in [0.717, 1.165) is 25.3 Å². The third-order valence-corrected chi connectivity index (χ3v) is 6.85. The quantitative estimate of drug-likeness (QED) is 0.468. The molecule has 0 aliphatic carbocycles. The lowest BCUT2D eigenvalue weighted by Gasteiger charge is -2.32. The van der Waals surface area contributed by atoms with E-state index in [1.807, 2.05) is 45.0 Å². The second-order valence-corrected chi connectivity index (χ2v) is 11.2. The van der Waals surface area contributed by atoms with Gasteiger partial charge in [0.2, 0.25) is 21.8 Å². The van der Waals surface area contributed by atoms with E-state index in [2.05, 4.69) is 27.9 Å². The monoisotopic (exact) mass is 571 g/mol. The van der Waals surface area contributed by atoms with Gasteiger partial charge in [-0.15, -0.1) is 0 Å². The zero-order valence-corrected chi connectivity index (χ0v) is 22.0. The Morgan fingerprint density at radius 2 is 1.62 bits per heavy atom. The number of sulfonamides is 1. The van der Waals surface area contributed by atoms with E-state index in [-0.39, 0.29) is 18.5 Å². The number of hydrogen-bond acceptors (Lipinski definition) is 4. The fraction of sp³-hybridized carbons (Fsp3) is 0.391. The third kappa shape index (κ3) is 7.19. The fourth-order valence-corrected chi connectivity index (χ4v) is 4.39. The van der Waals surface area contributed by atoms with Crippen LogP contribution in [0.3, 0.4) is 0 Å². The standard InChI is InChI=1S/C23H30IN3O4S/c1-16(2)25-23(29)18(4)26(14-19-9-7-6-8-17(19)3)22(28)15-27(32(5,30)31)21-12-10-20(24)11-13-21/h6-13,16,18H,14-15H2,1-5H3,(H,25,29)/t18-/m1/s1. The van der Waals surface area contributed by atoms with Crippen LogP contribution in [0, 0.1) is 10.5 Å². The van der Waals surface area contributed by atoms with Crippen LogP contribution >= 0.6 is 22.6 Å². The highest BCUT2D eigenvalue weighted by Crippen LogP contribution is 2.21. The van der Waals surface area contributed by atoms with Gasteiger partial charge in [-0.3, -0.25) is 13.9 Å². The molecule has 2 aromatic rings. The summed E-state index contributed by atoms with van der Waals surface area (Å²) >= 11 is 2.13. The molecule has 2 amide bonds. The Morgan fingerprint density at radius 1 is 1.03 bits per heavy atom. The van der Waals surface area contributed by atoms with Crippen molar-refractivity contribution in [2.45, 2.75) is 46.3 Å². The van der Waals surface area contributed by atoms with Crippen LogP contribution < -0.4 is 9.62 Å². The molecule has 1 N–H and O–H groups in total. The molecular weight excluding hydrogens is 541 g/mol. The zero-order valence-electron chi connectivity index (χ0n) is 19.0. The van der Waals surface area contributed by atoms with Crippen molar-refractivity contribution in [1.29, 1.82) is 0 Å². The van der Waals surface area contributed by atoms with Crippen molar-refractivity contribution in [3.63, 3.8) is 0 Å². The first-order chi connectivity index (χ1) is 14.9. The average molecular weight is 571 g/mol. The maximum absolute atomic E-state index is 13.4. The minimum absolute atomic E-state index is 0.0836. The first-order valence-electron chi connectivity index (χ1n) is 10.3. The summed E-state index contributed by atoms with van der Waals surface area (Å²) in [6.45, 7) is 7.09. The van der Waals surface area contributed by atoms with Crippen LogP contribution in [-0.2, 0) is 26.2 Å². The van der Waals surface area contributed by atoms with Crippen LogP contribution in [0.4, 0.5) is 5.69 Å². The van der Waals surface area contributed by atoms with Gasteiger partial charge in [-0.2, -0.15) is 0 Å². The van der Waals surface area contributed by atoms with Crippen LogP contribution in [0.5, 0.6) is 0 Å². The predicted molar refractivity (Wildman–Crippen MR) is 136 cm³/mol. The Hall–Kier alpha value is -2.14. The highest BCUT2D eigenvalue weighted by Gasteiger charge is 2.30. The Balaban J connectivity index is 2.39. The van der Waals surface area contributed by atoms with Gasteiger partial charge < -0.3 is 10.2 Å². The summed E-state index contributed by atoms with van der Waals surface area (Å²) in [5.41, 5.74) is 2.28. The smallest absolute Gasteiger partial charge is 0.244 e. The minimum atomic E-state index is -3.72. The van der Waals surface area contributed by atoms with E-state index in [1.165, 1.54) is 4.90 Å². The molecule has 0 spiro atoms. The minimum Gasteiger partial charge on any atom is -0.352 e. The molecule has 7 nitrogen and oxygen atoms in total. The van der Waals surface area contributed by atoms with Crippen molar-refractivity contribution in [2.75, 3.05) is 17.1 Å². The normalized spacial score (nSPS) is 12.3. The molecule has 0 radical (unpaired) electrons. The largest absolute Gasteiger partial charge is 0.352 e. The molecular formula is C23H30IN3O4S. The maximum atomic E-state index is 13.4. The summed E-state index contributed by atoms with van der Waals surface area (Å²) in [6, 6.07) is 13.6. The summed E-state index contributed by atoms with van der Waals surface area (Å²) in [4.78, 5) is 27.6. The van der Waals surface area contributed by atoms with Gasteiger partial charge in [-0.25, -0.2) is 8.42 Å². The lowest BCUT2D eigenvalue weighted by atomic mass is 10.1. The summed E-state index contributed by atoms with van der Waals surface area (Å²) in [5.74, 6) is -0.745. The average Bonchev–Trinajstić information content (AvgIpc) is 2.70. The number of anilines is 1. The first kappa shape index (κ1) is 26.1. The highest BCUT2D eigenvalue weighted by atomic mass is 127. The molecule has 32 heavy (non-hydrogen) atoms. The van der Waals surface area contributed by atoms with E-state index in [9.17, 15) is 18.0 Å². The molecule has 0 heterocycles. The van der Waals surface area contributed by atoms with Crippen molar-refractivity contribution in [3.8, 4) is 0 Å². The molecule has 9 heteroatoms. The second kappa shape index (κ2) is 11.1. The Labute approximate surface area is 204 Å². The van der Waals surface area contributed by atoms with Crippen molar-refractivity contribution in [1.82, 2.24) is 10.2 Å². The van der Waals surface area contributed by atoms with Crippen molar-refractivity contribution < 1.29 is 18.0 Å². The first-order valence-corrected chi connectivity index (χ1v) is 13.2. The number of carbonyl (C=O) groups excluding carboxylic acids is 2. The molecule has 0 aromatic heterocycles. The van der Waals surface area contributed by atoms with Gasteiger partial charge in [0.15, 0.2) is 0 Å². The van der Waals surface area contributed by atoms with Crippen molar-refractivity contribution in [2.24, 2.45) is 0 Å². The number of benzene rings is 2. The lowest BCUT2D eigenvalue weighted by Crippen LogP contribution is -2.52. The molecule has 1 atom stereocenters. The SMILES string of the molecule is Cc1ccccc1CN(C(=O)CN(c1ccc(I)cc1)S(C)(=O)=O)[C@H](C)C(=O)NC(C)C. The molecule has 2 aromatic carbocycles. The fourth-order valence-electron chi connectivity index (χ4n) is 3.18. The van der Waals surface area contributed by atoms with Gasteiger partial charge in [-0.05, 0) is 85.7 Å². The number of nitrogens with one attached hydrogen (secondary N) is 1. The number of amides is 2. The molecule has 0 saturated heterocycles. The van der Waals surface area contributed by atoms with E-state index in [4.69, 9.17) is 0 Å².